The molecule has 3 aromatic rings. The first kappa shape index (κ1) is 17.8. The van der Waals surface area contributed by atoms with Crippen LogP contribution in [0.15, 0.2) is 53.7 Å². The molecule has 3 rings (SSSR count). The highest BCUT2D eigenvalue weighted by molar-refractivity contribution is 5.84. The fraction of sp³-hybridized carbons (Fsp3) is 0.300. The van der Waals surface area contributed by atoms with Crippen LogP contribution >= 0.6 is 0 Å². The van der Waals surface area contributed by atoms with Crippen LogP contribution < -0.4 is 15.4 Å². The highest BCUT2D eigenvalue weighted by atomic mass is 16.5. The fourth-order valence-corrected chi connectivity index (χ4v) is 2.76. The summed E-state index contributed by atoms with van der Waals surface area (Å²) in [6.45, 7) is 4.17. The van der Waals surface area contributed by atoms with Crippen molar-refractivity contribution in [3.05, 3.63) is 59.9 Å². The normalized spacial score (nSPS) is 11.6. The molecule has 0 spiro atoms. The number of guanidine groups is 1. The standard InChI is InChI=1S/C20H25N5O/c1-4-21-20(23-14-18-9-10-24-25(18)2)22-13-15-5-6-17-12-19(26-3)8-7-16(17)11-15/h5-12H,4,13-14H2,1-3H3,(H2,21,22,23). The lowest BCUT2D eigenvalue weighted by Gasteiger charge is -2.11. The molecular formula is C20H25N5O. The third-order valence-electron chi connectivity index (χ3n) is 4.24. The van der Waals surface area contributed by atoms with Crippen molar-refractivity contribution < 1.29 is 4.74 Å². The summed E-state index contributed by atoms with van der Waals surface area (Å²) in [6, 6.07) is 14.5. The van der Waals surface area contributed by atoms with Crippen LogP contribution in [0.2, 0.25) is 0 Å². The van der Waals surface area contributed by atoms with Crippen molar-refractivity contribution in [2.24, 2.45) is 12.0 Å². The molecule has 0 aliphatic heterocycles. The number of nitrogens with zero attached hydrogens (tertiary/aromatic N) is 3. The number of hydrogen-bond donors (Lipinski definition) is 2. The molecule has 6 heteroatoms. The van der Waals surface area contributed by atoms with E-state index in [1.165, 1.54) is 16.3 Å². The molecule has 2 N–H and O–H groups in total. The van der Waals surface area contributed by atoms with E-state index in [0.717, 1.165) is 23.9 Å². The third-order valence-corrected chi connectivity index (χ3v) is 4.24. The Balaban J connectivity index is 1.70. The Morgan fingerprint density at radius 2 is 1.92 bits per heavy atom. The van der Waals surface area contributed by atoms with Crippen LogP contribution in [-0.2, 0) is 20.1 Å². The van der Waals surface area contributed by atoms with Crippen molar-refractivity contribution in [1.29, 1.82) is 0 Å². The Hall–Kier alpha value is -3.02. The first-order chi connectivity index (χ1) is 12.7. The number of methoxy groups -OCH3 is 1. The number of ether oxygens (including phenoxy) is 1. The van der Waals surface area contributed by atoms with Crippen LogP contribution in [0.4, 0.5) is 0 Å². The van der Waals surface area contributed by atoms with Crippen LogP contribution in [0.5, 0.6) is 5.75 Å². The van der Waals surface area contributed by atoms with E-state index in [1.807, 2.05) is 29.9 Å². The maximum atomic E-state index is 5.28. The van der Waals surface area contributed by atoms with Crippen LogP contribution in [-0.4, -0.2) is 29.4 Å². The van der Waals surface area contributed by atoms with Gasteiger partial charge in [-0.15, -0.1) is 0 Å². The Kier molecular flexibility index (Phi) is 5.73. The van der Waals surface area contributed by atoms with Crippen molar-refractivity contribution in [1.82, 2.24) is 20.4 Å². The number of aromatic nitrogens is 2. The van der Waals surface area contributed by atoms with Crippen molar-refractivity contribution in [3.63, 3.8) is 0 Å². The molecule has 1 aromatic heterocycles. The van der Waals surface area contributed by atoms with Crippen molar-refractivity contribution >= 4 is 16.7 Å². The van der Waals surface area contributed by atoms with E-state index in [0.29, 0.717) is 13.1 Å². The molecule has 0 fully saturated rings. The van der Waals surface area contributed by atoms with Crippen molar-refractivity contribution in [2.75, 3.05) is 13.7 Å². The molecule has 0 atom stereocenters. The van der Waals surface area contributed by atoms with Gasteiger partial charge in [0.1, 0.15) is 5.75 Å². The summed E-state index contributed by atoms with van der Waals surface area (Å²) in [7, 11) is 3.62. The molecule has 0 bridgehead atoms. The second-order valence-electron chi connectivity index (χ2n) is 6.04. The van der Waals surface area contributed by atoms with Gasteiger partial charge in [0.25, 0.3) is 0 Å². The largest absolute Gasteiger partial charge is 0.497 e. The lowest BCUT2D eigenvalue weighted by molar-refractivity contribution is 0.415. The maximum Gasteiger partial charge on any atom is 0.191 e. The lowest BCUT2D eigenvalue weighted by atomic mass is 10.1. The van der Waals surface area contributed by atoms with Crippen LogP contribution in [0.25, 0.3) is 10.8 Å². The van der Waals surface area contributed by atoms with Crippen LogP contribution in [0, 0.1) is 0 Å². The molecule has 0 aliphatic rings. The fourth-order valence-electron chi connectivity index (χ4n) is 2.76. The average molecular weight is 351 g/mol. The molecule has 136 valence electrons. The van der Waals surface area contributed by atoms with Crippen LogP contribution in [0.3, 0.4) is 0 Å². The van der Waals surface area contributed by atoms with Gasteiger partial charge in [0.2, 0.25) is 0 Å². The molecule has 2 aromatic carbocycles. The van der Waals surface area contributed by atoms with E-state index in [1.54, 1.807) is 13.3 Å². The van der Waals surface area contributed by atoms with Crippen molar-refractivity contribution in [2.45, 2.75) is 20.0 Å². The predicted octanol–water partition coefficient (Wildman–Crippen LogP) is 2.84. The molecule has 0 amide bonds. The summed E-state index contributed by atoms with van der Waals surface area (Å²) < 4.78 is 7.14. The predicted molar refractivity (Wildman–Crippen MR) is 105 cm³/mol. The number of hydrogen-bond acceptors (Lipinski definition) is 3. The van der Waals surface area contributed by atoms with Crippen LogP contribution in [0.1, 0.15) is 18.2 Å². The maximum absolute atomic E-state index is 5.28. The molecule has 0 radical (unpaired) electrons. The summed E-state index contributed by atoms with van der Waals surface area (Å²) in [4.78, 5) is 4.69. The summed E-state index contributed by atoms with van der Waals surface area (Å²) in [5.74, 6) is 1.67. The molecular weight excluding hydrogens is 326 g/mol. The number of aryl methyl sites for hydroxylation is 1. The quantitative estimate of drug-likeness (QED) is 0.529. The van der Waals surface area contributed by atoms with Crippen molar-refractivity contribution in [3.8, 4) is 5.75 Å². The highest BCUT2D eigenvalue weighted by Gasteiger charge is 2.03. The molecule has 0 unspecified atom stereocenters. The minimum Gasteiger partial charge on any atom is -0.497 e. The van der Waals surface area contributed by atoms with E-state index in [4.69, 9.17) is 9.73 Å². The molecule has 0 aliphatic carbocycles. The second kappa shape index (κ2) is 8.38. The smallest absolute Gasteiger partial charge is 0.191 e. The Bertz CT molecular complexity index is 900. The van der Waals surface area contributed by atoms with E-state index in [-0.39, 0.29) is 0 Å². The number of rotatable bonds is 6. The first-order valence-corrected chi connectivity index (χ1v) is 8.75. The summed E-state index contributed by atoms with van der Waals surface area (Å²) >= 11 is 0. The minimum absolute atomic E-state index is 0.614. The Labute approximate surface area is 153 Å². The second-order valence-corrected chi connectivity index (χ2v) is 6.04. The molecule has 0 saturated carbocycles. The number of nitrogens with one attached hydrogen (secondary N) is 2. The van der Waals surface area contributed by atoms with Gasteiger partial charge in [-0.25, -0.2) is 4.99 Å². The average Bonchev–Trinajstić information content (AvgIpc) is 3.08. The Morgan fingerprint density at radius 3 is 2.65 bits per heavy atom. The van der Waals surface area contributed by atoms with Gasteiger partial charge in [-0.05, 0) is 47.5 Å². The minimum atomic E-state index is 0.614. The van der Waals surface area contributed by atoms with Gasteiger partial charge in [-0.2, -0.15) is 5.10 Å². The van der Waals surface area contributed by atoms with Gasteiger partial charge in [0, 0.05) is 19.8 Å². The third kappa shape index (κ3) is 4.33. The van der Waals surface area contributed by atoms with E-state index >= 15 is 0 Å². The monoisotopic (exact) mass is 351 g/mol. The molecule has 1 heterocycles. The highest BCUT2D eigenvalue weighted by Crippen LogP contribution is 2.22. The number of benzene rings is 2. The number of aliphatic imine (C=N–C) groups is 1. The van der Waals surface area contributed by atoms with Gasteiger partial charge in [0.05, 0.1) is 25.9 Å². The Morgan fingerprint density at radius 1 is 1.12 bits per heavy atom. The van der Waals surface area contributed by atoms with Gasteiger partial charge in [0.15, 0.2) is 5.96 Å². The lowest BCUT2D eigenvalue weighted by Crippen LogP contribution is -2.37. The van der Waals surface area contributed by atoms with Gasteiger partial charge < -0.3 is 15.4 Å². The molecule has 26 heavy (non-hydrogen) atoms. The first-order valence-electron chi connectivity index (χ1n) is 8.75. The van der Waals surface area contributed by atoms with E-state index in [9.17, 15) is 0 Å². The van der Waals surface area contributed by atoms with Gasteiger partial charge in [-0.1, -0.05) is 18.2 Å². The summed E-state index contributed by atoms with van der Waals surface area (Å²) in [6.07, 6.45) is 1.80. The zero-order valence-corrected chi connectivity index (χ0v) is 15.5. The SMILES string of the molecule is CCNC(=NCc1ccc2cc(OC)ccc2c1)NCc1ccnn1C. The van der Waals surface area contributed by atoms with Gasteiger partial charge >= 0.3 is 0 Å². The molecule has 6 nitrogen and oxygen atoms in total. The van der Waals surface area contributed by atoms with E-state index < -0.39 is 0 Å². The zero-order chi connectivity index (χ0) is 18.4. The molecule has 0 saturated heterocycles. The zero-order valence-electron chi connectivity index (χ0n) is 15.5. The summed E-state index contributed by atoms with van der Waals surface area (Å²) in [5.41, 5.74) is 2.27. The number of fused-ring (bicyclic) bond motifs is 1. The summed E-state index contributed by atoms with van der Waals surface area (Å²) in [5, 5.41) is 13.2. The van der Waals surface area contributed by atoms with E-state index in [2.05, 4.69) is 46.9 Å². The topological polar surface area (TPSA) is 63.5 Å². The van der Waals surface area contributed by atoms with Gasteiger partial charge in [-0.3, -0.25) is 4.68 Å².